The first-order valence-corrected chi connectivity index (χ1v) is 20.3. The molecule has 1 spiro atoms. The number of esters is 4. The van der Waals surface area contributed by atoms with Crippen LogP contribution in [0.25, 0.3) is 0 Å². The first kappa shape index (κ1) is 47.0. The van der Waals surface area contributed by atoms with Crippen LogP contribution >= 0.6 is 0 Å². The van der Waals surface area contributed by atoms with Gasteiger partial charge in [-0.3, -0.25) is 24.0 Å². The van der Waals surface area contributed by atoms with Crippen LogP contribution in [0.15, 0.2) is 0 Å². The Labute approximate surface area is 337 Å². The number of hydrogen-bond acceptors (Lipinski definition) is 16. The Morgan fingerprint density at radius 1 is 0.702 bits per heavy atom. The third kappa shape index (κ3) is 11.3. The third-order valence-electron chi connectivity index (χ3n) is 12.2. The average Bonchev–Trinajstić information content (AvgIpc) is 3.91. The maximum atomic E-state index is 14.4. The lowest BCUT2D eigenvalue weighted by molar-refractivity contribution is -0.301. The lowest BCUT2D eigenvalue weighted by Gasteiger charge is -2.46. The Morgan fingerprint density at radius 2 is 1.28 bits per heavy atom. The van der Waals surface area contributed by atoms with Gasteiger partial charge in [-0.2, -0.15) is 0 Å². The average molecular weight is 814 g/mol. The number of methoxy groups -OCH3 is 1. The topological polar surface area (TPSA) is 184 Å². The highest BCUT2D eigenvalue weighted by molar-refractivity contribution is 5.92. The predicted octanol–water partition coefficient (Wildman–Crippen LogP) is 3.62. The van der Waals surface area contributed by atoms with Gasteiger partial charge in [-0.05, 0) is 60.5 Å². The number of rotatable bonds is 9. The molecule has 0 radical (unpaired) electrons. The van der Waals surface area contributed by atoms with Crippen LogP contribution in [0.5, 0.6) is 0 Å². The van der Waals surface area contributed by atoms with E-state index in [0.29, 0.717) is 6.42 Å². The fourth-order valence-corrected chi connectivity index (χ4v) is 8.93. The van der Waals surface area contributed by atoms with E-state index in [1.54, 1.807) is 34.6 Å². The molecular formula is C41H67NO15. The molecule has 4 rings (SSSR count). The van der Waals surface area contributed by atoms with Gasteiger partial charge in [0.05, 0.1) is 48.9 Å². The van der Waals surface area contributed by atoms with E-state index in [2.05, 4.69) is 0 Å². The largest absolute Gasteiger partial charge is 0.462 e. The van der Waals surface area contributed by atoms with Crippen molar-refractivity contribution in [3.05, 3.63) is 0 Å². The molecule has 0 aromatic carbocycles. The molecule has 57 heavy (non-hydrogen) atoms. The van der Waals surface area contributed by atoms with Gasteiger partial charge in [0.2, 0.25) is 0 Å². The zero-order chi connectivity index (χ0) is 42.7. The first-order chi connectivity index (χ1) is 26.6. The molecule has 0 N–H and O–H groups in total. The van der Waals surface area contributed by atoms with E-state index in [9.17, 15) is 24.0 Å². The molecular weight excluding hydrogens is 746 g/mol. The van der Waals surface area contributed by atoms with E-state index in [1.807, 2.05) is 39.8 Å². The van der Waals surface area contributed by atoms with Gasteiger partial charge in [-0.15, -0.1) is 0 Å². The monoisotopic (exact) mass is 813 g/mol. The van der Waals surface area contributed by atoms with Crippen molar-refractivity contribution in [3.63, 3.8) is 0 Å². The second kappa shape index (κ2) is 19.6. The standard InChI is InChI=1S/C41H67NO15/c1-19-17-41(18-49-41)38(46)23(5)34(53-27(9)43)21(3)25(7)52-39(47)24(6)35(56-32-16-31(48-14)36(26(8)51-32)54-28(10)44)22(4)33(19)57-40-37(55-29(11)45)30(42(12)13)15-20(2)50-40/h19-26,30-37,40H,15-18H2,1-14H3/t19-,20+,21-,22+,23+,24+,25+,26-,30-,31-,32-,33-,34?,35-,36-,37+,40-,41+/m0/s1. The SMILES string of the molecule is CO[C@H]1C[C@H](O[C@H]2[C@H](C)[C@@H](O[C@@H]3O[C@H](C)C[C@H](N(C)C)[C@H]3OC(C)=O)[C@@H](C)C[C@@]3(CO3)C(=O)[C@H](C)C(OC(C)=O)[C@@H](C)[C@@H](C)OC(=O)[C@@H]2C)O[C@@H](C)[C@@H]1OC(C)=O. The van der Waals surface area contributed by atoms with Gasteiger partial charge in [0.25, 0.3) is 0 Å². The molecule has 18 atom stereocenters. The van der Waals surface area contributed by atoms with Crippen LogP contribution in [0.3, 0.4) is 0 Å². The van der Waals surface area contributed by atoms with Gasteiger partial charge in [0.1, 0.15) is 18.3 Å². The molecule has 0 amide bonds. The van der Waals surface area contributed by atoms with E-state index in [4.69, 9.17) is 47.4 Å². The molecule has 4 aliphatic heterocycles. The summed E-state index contributed by atoms with van der Waals surface area (Å²) in [5.41, 5.74) is -1.19. The highest BCUT2D eigenvalue weighted by atomic mass is 16.7. The number of ketones is 1. The van der Waals surface area contributed by atoms with Gasteiger partial charge in [0.15, 0.2) is 36.2 Å². The zero-order valence-corrected chi connectivity index (χ0v) is 36.2. The molecule has 0 aromatic rings. The minimum absolute atomic E-state index is 0.162. The normalized spacial score (nSPS) is 43.5. The first-order valence-electron chi connectivity index (χ1n) is 20.3. The number of nitrogens with zero attached hydrogens (tertiary/aromatic N) is 1. The van der Waals surface area contributed by atoms with Crippen molar-refractivity contribution >= 4 is 29.7 Å². The van der Waals surface area contributed by atoms with Gasteiger partial charge >= 0.3 is 23.9 Å². The molecule has 4 fully saturated rings. The Bertz CT molecular complexity index is 1420. The van der Waals surface area contributed by atoms with Crippen LogP contribution in [0.1, 0.15) is 95.4 Å². The summed E-state index contributed by atoms with van der Waals surface area (Å²) in [6.07, 6.45) is -7.35. The molecule has 0 bridgehead atoms. The van der Waals surface area contributed by atoms with Crippen LogP contribution in [-0.4, -0.2) is 142 Å². The second-order valence-corrected chi connectivity index (χ2v) is 17.1. The quantitative estimate of drug-likeness (QED) is 0.187. The minimum Gasteiger partial charge on any atom is -0.462 e. The third-order valence-corrected chi connectivity index (χ3v) is 12.2. The number of likely N-dealkylation sites (N-methyl/N-ethyl adjacent to an activating group) is 1. The molecule has 0 aliphatic carbocycles. The fraction of sp³-hybridized carbons (Fsp3) is 0.878. The molecule has 4 heterocycles. The second-order valence-electron chi connectivity index (χ2n) is 17.1. The van der Waals surface area contributed by atoms with Gasteiger partial charge in [0, 0.05) is 46.1 Å². The molecule has 4 saturated heterocycles. The molecule has 16 heteroatoms. The molecule has 16 nitrogen and oxygen atoms in total. The number of epoxide rings is 1. The number of cyclic esters (lactones) is 1. The van der Waals surface area contributed by atoms with E-state index in [0.717, 1.165) is 0 Å². The maximum absolute atomic E-state index is 14.4. The Kier molecular flexibility index (Phi) is 16.1. The van der Waals surface area contributed by atoms with Crippen LogP contribution in [0, 0.1) is 29.6 Å². The summed E-state index contributed by atoms with van der Waals surface area (Å²) in [5.74, 6) is -5.69. The van der Waals surface area contributed by atoms with Crippen LogP contribution in [0.2, 0.25) is 0 Å². The maximum Gasteiger partial charge on any atom is 0.311 e. The number of Topliss-reactive ketones (excluding diaryl/α,β-unsaturated/α-hetero) is 1. The van der Waals surface area contributed by atoms with Crippen molar-refractivity contribution in [2.24, 2.45) is 29.6 Å². The summed E-state index contributed by atoms with van der Waals surface area (Å²) in [4.78, 5) is 67.4. The summed E-state index contributed by atoms with van der Waals surface area (Å²) < 4.78 is 61.5. The molecule has 0 saturated carbocycles. The Morgan fingerprint density at radius 3 is 1.82 bits per heavy atom. The highest BCUT2D eigenvalue weighted by Crippen LogP contribution is 2.44. The Hall–Kier alpha value is -2.73. The molecule has 0 aromatic heterocycles. The van der Waals surface area contributed by atoms with Crippen molar-refractivity contribution in [2.45, 2.75) is 175 Å². The van der Waals surface area contributed by atoms with Crippen molar-refractivity contribution in [1.29, 1.82) is 0 Å². The molecule has 326 valence electrons. The van der Waals surface area contributed by atoms with Crippen molar-refractivity contribution in [2.75, 3.05) is 27.8 Å². The number of hydrogen-bond donors (Lipinski definition) is 0. The van der Waals surface area contributed by atoms with Gasteiger partial charge in [-0.25, -0.2) is 0 Å². The number of ether oxygens (including phenoxy) is 10. The van der Waals surface area contributed by atoms with Crippen LogP contribution < -0.4 is 0 Å². The smallest absolute Gasteiger partial charge is 0.311 e. The number of carbonyl (C=O) groups excluding carboxylic acids is 5. The van der Waals surface area contributed by atoms with Crippen molar-refractivity contribution in [1.82, 2.24) is 4.90 Å². The lowest BCUT2D eigenvalue weighted by Crippen LogP contribution is -2.58. The van der Waals surface area contributed by atoms with E-state index in [1.165, 1.54) is 27.9 Å². The van der Waals surface area contributed by atoms with E-state index in [-0.39, 0.29) is 37.4 Å². The van der Waals surface area contributed by atoms with Gasteiger partial charge in [-0.1, -0.05) is 27.7 Å². The summed E-state index contributed by atoms with van der Waals surface area (Å²) >= 11 is 0. The number of carbonyl (C=O) groups is 5. The molecule has 1 unspecified atom stereocenters. The van der Waals surface area contributed by atoms with Crippen LogP contribution in [-0.2, 0) is 71.3 Å². The van der Waals surface area contributed by atoms with Gasteiger partial charge < -0.3 is 52.3 Å². The minimum atomic E-state index is -1.19. The summed E-state index contributed by atoms with van der Waals surface area (Å²) in [5, 5.41) is 0. The van der Waals surface area contributed by atoms with Crippen molar-refractivity contribution in [3.8, 4) is 0 Å². The molecule has 4 aliphatic rings. The Balaban J connectivity index is 1.82. The summed E-state index contributed by atoms with van der Waals surface area (Å²) in [6.45, 7) is 18.5. The van der Waals surface area contributed by atoms with Crippen molar-refractivity contribution < 1.29 is 71.3 Å². The van der Waals surface area contributed by atoms with E-state index >= 15 is 0 Å². The van der Waals surface area contributed by atoms with Crippen LogP contribution in [0.4, 0.5) is 0 Å². The zero-order valence-electron chi connectivity index (χ0n) is 36.2. The highest BCUT2D eigenvalue weighted by Gasteiger charge is 2.58. The fourth-order valence-electron chi connectivity index (χ4n) is 8.93. The lowest BCUT2D eigenvalue weighted by atomic mass is 9.76. The summed E-state index contributed by atoms with van der Waals surface area (Å²) in [6, 6.07) is -0.247. The van der Waals surface area contributed by atoms with E-state index < -0.39 is 120 Å². The predicted molar refractivity (Wildman–Crippen MR) is 202 cm³/mol. The summed E-state index contributed by atoms with van der Waals surface area (Å²) in [7, 11) is 5.31.